The molecule has 3 aromatic carbocycles. The number of hydrogen-bond donors (Lipinski definition) is 1. The molecule has 5 rings (SSSR count). The van der Waals surface area contributed by atoms with Crippen LogP contribution in [0.3, 0.4) is 0 Å². The molecule has 2 aliphatic rings. The Labute approximate surface area is 186 Å². The van der Waals surface area contributed by atoms with E-state index in [-0.39, 0.29) is 6.04 Å². The molecular formula is C25H21Cl2NS. The highest BCUT2D eigenvalue weighted by molar-refractivity contribution is 7.98. The number of rotatable bonds is 4. The van der Waals surface area contributed by atoms with Gasteiger partial charge in [0, 0.05) is 22.3 Å². The first kappa shape index (κ1) is 19.1. The highest BCUT2D eigenvalue weighted by Crippen LogP contribution is 2.51. The van der Waals surface area contributed by atoms with Gasteiger partial charge in [0.1, 0.15) is 0 Å². The minimum Gasteiger partial charge on any atom is -0.378 e. The Bertz CT molecular complexity index is 1060. The zero-order chi connectivity index (χ0) is 19.8. The van der Waals surface area contributed by atoms with Gasteiger partial charge in [-0.1, -0.05) is 77.8 Å². The molecule has 0 spiro atoms. The van der Waals surface area contributed by atoms with Crippen LogP contribution >= 0.6 is 35.0 Å². The second kappa shape index (κ2) is 8.10. The van der Waals surface area contributed by atoms with Crippen molar-refractivity contribution in [2.45, 2.75) is 29.0 Å². The van der Waals surface area contributed by atoms with E-state index in [9.17, 15) is 0 Å². The number of hydrogen-bond acceptors (Lipinski definition) is 2. The van der Waals surface area contributed by atoms with Crippen molar-refractivity contribution in [2.75, 3.05) is 5.32 Å². The smallest absolute Gasteiger partial charge is 0.0645 e. The molecule has 0 unspecified atom stereocenters. The van der Waals surface area contributed by atoms with Crippen LogP contribution in [0.4, 0.5) is 5.69 Å². The summed E-state index contributed by atoms with van der Waals surface area (Å²) in [5, 5.41) is 5.05. The fourth-order valence-electron chi connectivity index (χ4n) is 4.49. The first-order valence-corrected chi connectivity index (χ1v) is 11.6. The molecule has 29 heavy (non-hydrogen) atoms. The molecule has 146 valence electrons. The Hall–Kier alpha value is -1.87. The highest BCUT2D eigenvalue weighted by Gasteiger charge is 2.38. The Kier molecular flexibility index (Phi) is 5.34. The van der Waals surface area contributed by atoms with Crippen LogP contribution in [0.25, 0.3) is 0 Å². The maximum Gasteiger partial charge on any atom is 0.0645 e. The summed E-state index contributed by atoms with van der Waals surface area (Å²) in [6.07, 6.45) is 5.72. The predicted octanol–water partition coefficient (Wildman–Crippen LogP) is 8.11. The second-order valence-electron chi connectivity index (χ2n) is 7.64. The maximum atomic E-state index is 6.57. The minimum atomic E-state index is 0.165. The minimum absolute atomic E-state index is 0.165. The highest BCUT2D eigenvalue weighted by atomic mass is 35.5. The van der Waals surface area contributed by atoms with E-state index in [0.717, 1.165) is 17.7 Å². The summed E-state index contributed by atoms with van der Waals surface area (Å²) in [6, 6.07) is 23.5. The van der Waals surface area contributed by atoms with Crippen molar-refractivity contribution in [3.05, 3.63) is 106 Å². The topological polar surface area (TPSA) is 12.0 Å². The average Bonchev–Trinajstić information content (AvgIpc) is 3.25. The van der Waals surface area contributed by atoms with Gasteiger partial charge in [-0.25, -0.2) is 0 Å². The van der Waals surface area contributed by atoms with E-state index in [0.29, 0.717) is 21.9 Å². The summed E-state index contributed by atoms with van der Waals surface area (Å²) in [7, 11) is 0. The van der Waals surface area contributed by atoms with Gasteiger partial charge in [-0.3, -0.25) is 0 Å². The summed E-state index contributed by atoms with van der Waals surface area (Å²) in [6.45, 7) is 0. The fraction of sp³-hybridized carbons (Fsp3) is 0.200. The van der Waals surface area contributed by atoms with E-state index in [1.807, 2.05) is 23.9 Å². The van der Waals surface area contributed by atoms with Crippen LogP contribution in [-0.2, 0) is 5.75 Å². The van der Waals surface area contributed by atoms with Gasteiger partial charge in [-0.2, -0.15) is 0 Å². The summed E-state index contributed by atoms with van der Waals surface area (Å²) in [4.78, 5) is 1.30. The van der Waals surface area contributed by atoms with Crippen molar-refractivity contribution in [2.24, 2.45) is 5.92 Å². The van der Waals surface area contributed by atoms with E-state index in [1.54, 1.807) is 0 Å². The molecule has 0 saturated heterocycles. The molecule has 0 radical (unpaired) electrons. The zero-order valence-corrected chi connectivity index (χ0v) is 18.1. The molecule has 1 N–H and O–H groups in total. The molecule has 0 saturated carbocycles. The van der Waals surface area contributed by atoms with Gasteiger partial charge in [0.05, 0.1) is 16.1 Å². The third-order valence-electron chi connectivity index (χ3n) is 5.89. The molecule has 1 nitrogen and oxygen atoms in total. The molecule has 0 amide bonds. The van der Waals surface area contributed by atoms with E-state index in [1.165, 1.54) is 21.7 Å². The van der Waals surface area contributed by atoms with E-state index in [4.69, 9.17) is 23.2 Å². The van der Waals surface area contributed by atoms with E-state index >= 15 is 0 Å². The van der Waals surface area contributed by atoms with Crippen LogP contribution in [0.15, 0.2) is 83.8 Å². The van der Waals surface area contributed by atoms with Crippen molar-refractivity contribution in [1.29, 1.82) is 0 Å². The van der Waals surface area contributed by atoms with Crippen LogP contribution in [-0.4, -0.2) is 0 Å². The van der Waals surface area contributed by atoms with Crippen molar-refractivity contribution < 1.29 is 0 Å². The Morgan fingerprint density at radius 3 is 2.66 bits per heavy atom. The normalized spacial score (nSPS) is 22.1. The standard InChI is InChI=1S/C25H21Cl2NS/c26-22-11-5-10-20(24(22)27)25-19-9-4-8-18(19)21-14-16(12-13-23(21)28-25)15-29-17-6-2-1-3-7-17/h1-8,10-14,18-19,25,28H,9,15H2/t18-,19-,25+/m0/s1. The molecule has 0 bridgehead atoms. The van der Waals surface area contributed by atoms with E-state index < -0.39 is 0 Å². The Morgan fingerprint density at radius 1 is 0.931 bits per heavy atom. The van der Waals surface area contributed by atoms with Crippen LogP contribution in [0.5, 0.6) is 0 Å². The number of halogens is 2. The number of anilines is 1. The predicted molar refractivity (Wildman–Crippen MR) is 125 cm³/mol. The van der Waals surface area contributed by atoms with Gasteiger partial charge >= 0.3 is 0 Å². The molecule has 4 heteroatoms. The number of allylic oxidation sites excluding steroid dienone is 2. The molecule has 1 aliphatic heterocycles. The molecule has 0 aromatic heterocycles. The largest absolute Gasteiger partial charge is 0.378 e. The summed E-state index contributed by atoms with van der Waals surface area (Å²) in [5.41, 5.74) is 5.04. The van der Waals surface area contributed by atoms with Crippen LogP contribution < -0.4 is 5.32 Å². The number of fused-ring (bicyclic) bond motifs is 3. The lowest BCUT2D eigenvalue weighted by Gasteiger charge is -2.38. The zero-order valence-electron chi connectivity index (χ0n) is 15.8. The third-order valence-corrected chi connectivity index (χ3v) is 7.81. The van der Waals surface area contributed by atoms with Crippen molar-refractivity contribution in [1.82, 2.24) is 0 Å². The van der Waals surface area contributed by atoms with Gasteiger partial charge < -0.3 is 5.32 Å². The van der Waals surface area contributed by atoms with Crippen LogP contribution in [0, 0.1) is 5.92 Å². The molecule has 3 atom stereocenters. The monoisotopic (exact) mass is 437 g/mol. The first-order chi connectivity index (χ1) is 14.2. The van der Waals surface area contributed by atoms with Crippen LogP contribution in [0.2, 0.25) is 10.0 Å². The number of nitrogens with one attached hydrogen (secondary N) is 1. The fourth-order valence-corrected chi connectivity index (χ4v) is 5.77. The van der Waals surface area contributed by atoms with Gasteiger partial charge in [0.15, 0.2) is 0 Å². The summed E-state index contributed by atoms with van der Waals surface area (Å²) >= 11 is 14.8. The molecule has 0 fully saturated rings. The van der Waals surface area contributed by atoms with Gasteiger partial charge in [0.2, 0.25) is 0 Å². The lowest BCUT2D eigenvalue weighted by atomic mass is 9.76. The van der Waals surface area contributed by atoms with Crippen LogP contribution in [0.1, 0.15) is 35.1 Å². The van der Waals surface area contributed by atoms with Crippen molar-refractivity contribution in [3.63, 3.8) is 0 Å². The van der Waals surface area contributed by atoms with Crippen molar-refractivity contribution in [3.8, 4) is 0 Å². The van der Waals surface area contributed by atoms with Gasteiger partial charge in [-0.05, 0) is 53.3 Å². The quantitative estimate of drug-likeness (QED) is 0.326. The lowest BCUT2D eigenvalue weighted by Crippen LogP contribution is -2.29. The summed E-state index contributed by atoms with van der Waals surface area (Å²) in [5.74, 6) is 1.84. The Morgan fingerprint density at radius 2 is 1.79 bits per heavy atom. The SMILES string of the molecule is Clc1cccc([C@@H]2Nc3ccc(CSc4ccccc4)cc3[C@H]3C=CC[C@@H]32)c1Cl. The third kappa shape index (κ3) is 3.70. The molecule has 1 aliphatic carbocycles. The maximum absolute atomic E-state index is 6.57. The Balaban J connectivity index is 1.44. The number of benzene rings is 3. The first-order valence-electron chi connectivity index (χ1n) is 9.88. The van der Waals surface area contributed by atoms with E-state index in [2.05, 4.69) is 72.1 Å². The van der Waals surface area contributed by atoms with Gasteiger partial charge in [0.25, 0.3) is 0 Å². The average molecular weight is 438 g/mol. The lowest BCUT2D eigenvalue weighted by molar-refractivity contribution is 0.425. The molecule has 3 aromatic rings. The molecule has 1 heterocycles. The van der Waals surface area contributed by atoms with Crippen molar-refractivity contribution >= 4 is 40.7 Å². The molecular weight excluding hydrogens is 417 g/mol. The van der Waals surface area contributed by atoms with Gasteiger partial charge in [-0.15, -0.1) is 11.8 Å². The second-order valence-corrected chi connectivity index (χ2v) is 9.48. The number of thioether (sulfide) groups is 1. The summed E-state index contributed by atoms with van der Waals surface area (Å²) < 4.78 is 0.